The number of aromatic nitrogens is 3. The summed E-state index contributed by atoms with van der Waals surface area (Å²) < 4.78 is 5.89. The Hall–Kier alpha value is -2.17. The molecule has 25 heavy (non-hydrogen) atoms. The van der Waals surface area contributed by atoms with Gasteiger partial charge >= 0.3 is 0 Å². The number of nitrogens with zero attached hydrogens (tertiary/aromatic N) is 3. The van der Waals surface area contributed by atoms with Crippen LogP contribution in [0.3, 0.4) is 0 Å². The van der Waals surface area contributed by atoms with Crippen LogP contribution in [-0.2, 0) is 4.79 Å². The maximum absolute atomic E-state index is 12.1. The first-order valence-electron chi connectivity index (χ1n) is 7.22. The highest BCUT2D eigenvalue weighted by Crippen LogP contribution is 2.28. The first-order chi connectivity index (χ1) is 12.2. The van der Waals surface area contributed by atoms with Crippen molar-refractivity contribution >= 4 is 50.6 Å². The molecule has 2 N–H and O–H groups in total. The topological polar surface area (TPSA) is 89.0 Å². The molecule has 0 aliphatic carbocycles. The number of amides is 1. The van der Waals surface area contributed by atoms with Crippen molar-refractivity contribution in [3.8, 4) is 17.0 Å². The molecule has 0 radical (unpaired) electrons. The minimum atomic E-state index is -0.123. The third-order valence-electron chi connectivity index (χ3n) is 3.08. The lowest BCUT2D eigenvalue weighted by Crippen LogP contribution is -2.13. The lowest BCUT2D eigenvalue weighted by Gasteiger charge is -2.01. The molecular formula is C15H15N5O2S3. The van der Waals surface area contributed by atoms with Gasteiger partial charge in [-0.25, -0.2) is 4.98 Å². The summed E-state index contributed by atoms with van der Waals surface area (Å²) in [5.74, 6) is 0.931. The molecule has 7 nitrogen and oxygen atoms in total. The third kappa shape index (κ3) is 4.68. The van der Waals surface area contributed by atoms with Gasteiger partial charge in [0.1, 0.15) is 5.75 Å². The molecule has 2 aromatic heterocycles. The fraction of sp³-hybridized carbons (Fsp3) is 0.200. The van der Waals surface area contributed by atoms with Gasteiger partial charge in [-0.3, -0.25) is 4.79 Å². The smallest absolute Gasteiger partial charge is 0.236 e. The fourth-order valence-corrected chi connectivity index (χ4v) is 4.12. The van der Waals surface area contributed by atoms with Crippen molar-refractivity contribution in [1.29, 1.82) is 0 Å². The first kappa shape index (κ1) is 17.6. The van der Waals surface area contributed by atoms with Gasteiger partial charge in [0.05, 0.1) is 18.6 Å². The van der Waals surface area contributed by atoms with Crippen LogP contribution in [0, 0.1) is 0 Å². The maximum Gasteiger partial charge on any atom is 0.236 e. The first-order valence-corrected chi connectivity index (χ1v) is 9.90. The van der Waals surface area contributed by atoms with Crippen LogP contribution in [0.1, 0.15) is 0 Å². The van der Waals surface area contributed by atoms with E-state index in [0.717, 1.165) is 26.5 Å². The Morgan fingerprint density at radius 3 is 2.72 bits per heavy atom. The van der Waals surface area contributed by atoms with E-state index in [1.165, 1.54) is 34.4 Å². The summed E-state index contributed by atoms with van der Waals surface area (Å²) in [5.41, 5.74) is 1.79. The number of rotatable bonds is 7. The Labute approximate surface area is 156 Å². The van der Waals surface area contributed by atoms with E-state index in [0.29, 0.717) is 5.13 Å². The quantitative estimate of drug-likeness (QED) is 0.594. The summed E-state index contributed by atoms with van der Waals surface area (Å²) >= 11 is 4.15. The van der Waals surface area contributed by atoms with E-state index in [4.69, 9.17) is 4.74 Å². The van der Waals surface area contributed by atoms with Crippen LogP contribution in [0.25, 0.3) is 11.3 Å². The minimum Gasteiger partial charge on any atom is -0.497 e. The highest BCUT2D eigenvalue weighted by atomic mass is 32.2. The monoisotopic (exact) mass is 393 g/mol. The summed E-state index contributed by atoms with van der Waals surface area (Å²) in [6.45, 7) is 0. The number of carbonyl (C=O) groups excluding carboxylic acids is 1. The SMILES string of the molecule is CNc1nnc(SCC(=O)Nc2nc(-c3ccc(OC)cc3)cs2)s1. The number of benzene rings is 1. The molecule has 0 aliphatic rings. The number of hydrogen-bond acceptors (Lipinski definition) is 9. The molecule has 10 heteroatoms. The van der Waals surface area contributed by atoms with Crippen molar-refractivity contribution in [2.75, 3.05) is 30.5 Å². The Morgan fingerprint density at radius 1 is 1.24 bits per heavy atom. The summed E-state index contributed by atoms with van der Waals surface area (Å²) in [6, 6.07) is 7.63. The van der Waals surface area contributed by atoms with Crippen molar-refractivity contribution in [3.05, 3.63) is 29.6 Å². The molecule has 0 unspecified atom stereocenters. The molecule has 3 rings (SSSR count). The van der Waals surface area contributed by atoms with E-state index in [1.54, 1.807) is 14.2 Å². The predicted molar refractivity (Wildman–Crippen MR) is 103 cm³/mol. The molecule has 3 aromatic rings. The zero-order valence-electron chi connectivity index (χ0n) is 13.5. The van der Waals surface area contributed by atoms with E-state index < -0.39 is 0 Å². The summed E-state index contributed by atoms with van der Waals surface area (Å²) in [6.07, 6.45) is 0. The molecule has 0 spiro atoms. The Morgan fingerprint density at radius 2 is 2.04 bits per heavy atom. The van der Waals surface area contributed by atoms with Crippen LogP contribution in [0.15, 0.2) is 34.0 Å². The molecule has 1 amide bonds. The molecule has 0 saturated carbocycles. The summed E-state index contributed by atoms with van der Waals surface area (Å²) in [5, 5.41) is 16.9. The number of thiazole rings is 1. The zero-order valence-corrected chi connectivity index (χ0v) is 15.9. The molecule has 0 saturated heterocycles. The number of nitrogens with one attached hydrogen (secondary N) is 2. The van der Waals surface area contributed by atoms with E-state index in [2.05, 4.69) is 25.8 Å². The van der Waals surface area contributed by atoms with Crippen molar-refractivity contribution in [2.24, 2.45) is 0 Å². The minimum absolute atomic E-state index is 0.123. The average molecular weight is 394 g/mol. The second-order valence-electron chi connectivity index (χ2n) is 4.73. The second kappa shape index (κ2) is 8.28. The normalized spacial score (nSPS) is 10.5. The van der Waals surface area contributed by atoms with E-state index in [1.807, 2.05) is 29.6 Å². The molecule has 0 fully saturated rings. The zero-order chi connectivity index (χ0) is 17.6. The number of carbonyl (C=O) groups is 1. The largest absolute Gasteiger partial charge is 0.497 e. The highest BCUT2D eigenvalue weighted by molar-refractivity contribution is 8.01. The average Bonchev–Trinajstić information content (AvgIpc) is 3.29. The van der Waals surface area contributed by atoms with Gasteiger partial charge < -0.3 is 15.4 Å². The van der Waals surface area contributed by atoms with Gasteiger partial charge in [-0.1, -0.05) is 23.1 Å². The van der Waals surface area contributed by atoms with Crippen molar-refractivity contribution in [1.82, 2.24) is 15.2 Å². The van der Waals surface area contributed by atoms with E-state index >= 15 is 0 Å². The number of hydrogen-bond donors (Lipinski definition) is 2. The molecule has 0 atom stereocenters. The van der Waals surface area contributed by atoms with Crippen LogP contribution in [0.4, 0.5) is 10.3 Å². The lowest BCUT2D eigenvalue weighted by atomic mass is 10.2. The Kier molecular flexibility index (Phi) is 5.84. The number of thioether (sulfide) groups is 1. The number of ether oxygens (including phenoxy) is 1. The summed E-state index contributed by atoms with van der Waals surface area (Å²) in [4.78, 5) is 16.5. The predicted octanol–water partition coefficient (Wildman–Crippen LogP) is 3.44. The lowest BCUT2D eigenvalue weighted by molar-refractivity contribution is -0.113. The molecule has 1 aromatic carbocycles. The fourth-order valence-electron chi connectivity index (χ4n) is 1.88. The van der Waals surface area contributed by atoms with E-state index in [-0.39, 0.29) is 11.7 Å². The number of methoxy groups -OCH3 is 1. The van der Waals surface area contributed by atoms with Crippen molar-refractivity contribution in [2.45, 2.75) is 4.34 Å². The Balaban J connectivity index is 1.55. The van der Waals surface area contributed by atoms with Crippen LogP contribution in [0.5, 0.6) is 5.75 Å². The van der Waals surface area contributed by atoms with Gasteiger partial charge in [0, 0.05) is 18.0 Å². The molecular weight excluding hydrogens is 378 g/mol. The third-order valence-corrected chi connectivity index (χ3v) is 5.92. The van der Waals surface area contributed by atoms with Crippen molar-refractivity contribution in [3.63, 3.8) is 0 Å². The molecule has 0 bridgehead atoms. The number of anilines is 2. The molecule has 2 heterocycles. The maximum atomic E-state index is 12.1. The van der Waals surface area contributed by atoms with Gasteiger partial charge in [0.15, 0.2) is 9.47 Å². The van der Waals surface area contributed by atoms with Crippen LogP contribution < -0.4 is 15.4 Å². The standard InChI is InChI=1S/C15H15N5O2S3/c1-16-13-19-20-15(25-13)24-8-12(21)18-14-17-11(7-23-14)9-3-5-10(22-2)6-4-9/h3-7H,8H2,1-2H3,(H,16,19)(H,17,18,21). The molecule has 130 valence electrons. The molecule has 0 aliphatic heterocycles. The van der Waals surface area contributed by atoms with Crippen LogP contribution in [0.2, 0.25) is 0 Å². The van der Waals surface area contributed by atoms with Gasteiger partial charge in [0.2, 0.25) is 11.0 Å². The summed E-state index contributed by atoms with van der Waals surface area (Å²) in [7, 11) is 3.41. The second-order valence-corrected chi connectivity index (χ2v) is 7.78. The van der Waals surface area contributed by atoms with Gasteiger partial charge in [-0.2, -0.15) is 0 Å². The van der Waals surface area contributed by atoms with Crippen molar-refractivity contribution < 1.29 is 9.53 Å². The van der Waals surface area contributed by atoms with Gasteiger partial charge in [-0.05, 0) is 24.3 Å². The highest BCUT2D eigenvalue weighted by Gasteiger charge is 2.11. The van der Waals surface area contributed by atoms with Crippen LogP contribution >= 0.6 is 34.4 Å². The Bertz CT molecular complexity index is 847. The van der Waals surface area contributed by atoms with Gasteiger partial charge in [-0.15, -0.1) is 21.5 Å². The van der Waals surface area contributed by atoms with E-state index in [9.17, 15) is 4.79 Å². The van der Waals surface area contributed by atoms with Crippen LogP contribution in [-0.4, -0.2) is 41.0 Å². The van der Waals surface area contributed by atoms with Gasteiger partial charge in [0.25, 0.3) is 0 Å².